The van der Waals surface area contributed by atoms with Gasteiger partial charge in [0.15, 0.2) is 0 Å². The van der Waals surface area contributed by atoms with E-state index in [2.05, 4.69) is 16.7 Å². The second-order valence-corrected chi connectivity index (χ2v) is 8.27. The third-order valence-corrected chi connectivity index (χ3v) is 5.25. The predicted octanol–water partition coefficient (Wildman–Crippen LogP) is 1.53. The van der Waals surface area contributed by atoms with Gasteiger partial charge in [0.2, 0.25) is 0 Å². The van der Waals surface area contributed by atoms with Crippen molar-refractivity contribution in [2.24, 2.45) is 17.1 Å². The summed E-state index contributed by atoms with van der Waals surface area (Å²) in [5.41, 5.74) is 5.93. The van der Waals surface area contributed by atoms with Crippen molar-refractivity contribution in [2.45, 2.75) is 52.1 Å². The largest absolute Gasteiger partial charge is 0.389 e. The van der Waals surface area contributed by atoms with E-state index in [1.165, 1.54) is 32.2 Å². The lowest BCUT2D eigenvalue weighted by Crippen LogP contribution is -2.54. The third-order valence-electron chi connectivity index (χ3n) is 5.25. The number of piperazine rings is 1. The Morgan fingerprint density at radius 1 is 1.19 bits per heavy atom. The number of aliphatic hydroxyl groups is 1. The molecule has 2 rings (SSSR count). The molecule has 124 valence electrons. The van der Waals surface area contributed by atoms with Gasteiger partial charge < -0.3 is 15.7 Å². The van der Waals surface area contributed by atoms with E-state index in [9.17, 15) is 5.11 Å². The lowest BCUT2D eigenvalue weighted by Gasteiger charge is -2.45. The standard InChI is InChI=1S/C17H35N3O/c1-15-5-4-6-17(11-15,12-18)14-20-9-7-19(8-10-20)13-16(2,3)21/h15,21H,4-14,18H2,1-3H3. The highest BCUT2D eigenvalue weighted by molar-refractivity contribution is 4.90. The zero-order valence-corrected chi connectivity index (χ0v) is 14.3. The molecule has 0 bridgehead atoms. The molecule has 0 amide bonds. The van der Waals surface area contributed by atoms with E-state index in [4.69, 9.17) is 5.73 Å². The molecule has 4 nitrogen and oxygen atoms in total. The van der Waals surface area contributed by atoms with Gasteiger partial charge in [-0.25, -0.2) is 0 Å². The van der Waals surface area contributed by atoms with Crippen LogP contribution in [0, 0.1) is 11.3 Å². The van der Waals surface area contributed by atoms with Crippen LogP contribution in [-0.2, 0) is 0 Å². The van der Waals surface area contributed by atoms with Crippen molar-refractivity contribution in [2.75, 3.05) is 45.8 Å². The summed E-state index contributed by atoms with van der Waals surface area (Å²) in [5.74, 6) is 0.832. The maximum atomic E-state index is 9.93. The van der Waals surface area contributed by atoms with Gasteiger partial charge in [-0.15, -0.1) is 0 Å². The molecular weight excluding hydrogens is 262 g/mol. The molecule has 1 aliphatic heterocycles. The lowest BCUT2D eigenvalue weighted by atomic mass is 9.69. The molecule has 1 saturated heterocycles. The van der Waals surface area contributed by atoms with Gasteiger partial charge >= 0.3 is 0 Å². The Hall–Kier alpha value is -0.160. The summed E-state index contributed by atoms with van der Waals surface area (Å²) in [5, 5.41) is 9.93. The van der Waals surface area contributed by atoms with Crippen molar-refractivity contribution in [3.05, 3.63) is 0 Å². The van der Waals surface area contributed by atoms with Crippen LogP contribution < -0.4 is 5.73 Å². The smallest absolute Gasteiger partial charge is 0.0718 e. The van der Waals surface area contributed by atoms with Crippen LogP contribution in [0.25, 0.3) is 0 Å². The summed E-state index contributed by atoms with van der Waals surface area (Å²) in [7, 11) is 0. The van der Waals surface area contributed by atoms with Crippen molar-refractivity contribution < 1.29 is 5.11 Å². The van der Waals surface area contributed by atoms with Crippen LogP contribution in [0.2, 0.25) is 0 Å². The Morgan fingerprint density at radius 3 is 2.33 bits per heavy atom. The van der Waals surface area contributed by atoms with Gasteiger partial charge in [-0.2, -0.15) is 0 Å². The number of hydrogen-bond acceptors (Lipinski definition) is 4. The summed E-state index contributed by atoms with van der Waals surface area (Å²) >= 11 is 0. The maximum absolute atomic E-state index is 9.93. The molecule has 0 aromatic heterocycles. The molecule has 3 N–H and O–H groups in total. The zero-order chi connectivity index (χ0) is 15.5. The Labute approximate surface area is 130 Å². The monoisotopic (exact) mass is 297 g/mol. The Morgan fingerprint density at radius 2 is 1.81 bits per heavy atom. The molecule has 4 heteroatoms. The van der Waals surface area contributed by atoms with E-state index in [0.29, 0.717) is 5.41 Å². The van der Waals surface area contributed by atoms with Crippen molar-refractivity contribution in [1.29, 1.82) is 0 Å². The van der Waals surface area contributed by atoms with E-state index in [1.54, 1.807) is 0 Å². The molecule has 0 spiro atoms. The van der Waals surface area contributed by atoms with Crippen LogP contribution in [-0.4, -0.2) is 66.3 Å². The SMILES string of the molecule is CC1CCCC(CN)(CN2CCN(CC(C)(C)O)CC2)C1. The van der Waals surface area contributed by atoms with Crippen LogP contribution in [0.1, 0.15) is 46.5 Å². The predicted molar refractivity (Wildman–Crippen MR) is 88.3 cm³/mol. The normalized spacial score (nSPS) is 33.3. The fourth-order valence-corrected chi connectivity index (χ4v) is 4.29. The Kier molecular flexibility index (Phi) is 5.69. The molecule has 2 atom stereocenters. The van der Waals surface area contributed by atoms with E-state index in [-0.39, 0.29) is 0 Å². The Bertz CT molecular complexity index is 320. The van der Waals surface area contributed by atoms with Crippen LogP contribution in [0.15, 0.2) is 0 Å². The number of rotatable bonds is 5. The van der Waals surface area contributed by atoms with Gasteiger partial charge in [-0.1, -0.05) is 19.8 Å². The number of nitrogens with two attached hydrogens (primary N) is 1. The topological polar surface area (TPSA) is 52.7 Å². The molecule has 2 fully saturated rings. The molecule has 1 heterocycles. The molecule has 21 heavy (non-hydrogen) atoms. The van der Waals surface area contributed by atoms with E-state index in [0.717, 1.165) is 45.2 Å². The summed E-state index contributed by atoms with van der Waals surface area (Å²) < 4.78 is 0. The lowest BCUT2D eigenvalue weighted by molar-refractivity contribution is 0.00548. The maximum Gasteiger partial charge on any atom is 0.0718 e. The minimum absolute atomic E-state index is 0.357. The van der Waals surface area contributed by atoms with Crippen molar-refractivity contribution >= 4 is 0 Å². The minimum atomic E-state index is -0.584. The zero-order valence-electron chi connectivity index (χ0n) is 14.3. The molecule has 0 aromatic rings. The molecule has 2 unspecified atom stereocenters. The first-order chi connectivity index (χ1) is 9.82. The Balaban J connectivity index is 1.82. The van der Waals surface area contributed by atoms with Gasteiger partial charge in [0.05, 0.1) is 5.60 Å². The van der Waals surface area contributed by atoms with Crippen LogP contribution in [0.4, 0.5) is 0 Å². The minimum Gasteiger partial charge on any atom is -0.389 e. The average Bonchev–Trinajstić information content (AvgIpc) is 2.39. The quantitative estimate of drug-likeness (QED) is 0.808. The molecule has 1 aliphatic carbocycles. The summed E-state index contributed by atoms with van der Waals surface area (Å²) in [4.78, 5) is 4.99. The molecule has 1 saturated carbocycles. The molecule has 2 aliphatic rings. The number of hydrogen-bond donors (Lipinski definition) is 2. The fraction of sp³-hybridized carbons (Fsp3) is 1.00. The van der Waals surface area contributed by atoms with E-state index >= 15 is 0 Å². The molecular formula is C17H35N3O. The first-order valence-corrected chi connectivity index (χ1v) is 8.69. The van der Waals surface area contributed by atoms with Gasteiger partial charge in [0, 0.05) is 39.3 Å². The molecule has 0 aromatic carbocycles. The van der Waals surface area contributed by atoms with Crippen LogP contribution in [0.5, 0.6) is 0 Å². The van der Waals surface area contributed by atoms with Gasteiger partial charge in [-0.3, -0.25) is 4.90 Å². The summed E-state index contributed by atoms with van der Waals surface area (Å²) in [6, 6.07) is 0. The third kappa shape index (κ3) is 5.20. The second-order valence-electron chi connectivity index (χ2n) is 8.27. The fourth-order valence-electron chi connectivity index (χ4n) is 4.29. The van der Waals surface area contributed by atoms with Gasteiger partial charge in [-0.05, 0) is 44.6 Å². The van der Waals surface area contributed by atoms with E-state index in [1.807, 2.05) is 13.8 Å². The van der Waals surface area contributed by atoms with Gasteiger partial charge in [0.25, 0.3) is 0 Å². The number of β-amino-alcohol motifs (C(OH)–C–C–N with tert-alkyl or cyclic N) is 1. The highest BCUT2D eigenvalue weighted by Crippen LogP contribution is 2.39. The first kappa shape index (κ1) is 17.2. The van der Waals surface area contributed by atoms with Crippen molar-refractivity contribution in [1.82, 2.24) is 9.80 Å². The highest BCUT2D eigenvalue weighted by Gasteiger charge is 2.36. The first-order valence-electron chi connectivity index (χ1n) is 8.69. The highest BCUT2D eigenvalue weighted by atomic mass is 16.3. The van der Waals surface area contributed by atoms with Crippen molar-refractivity contribution in [3.8, 4) is 0 Å². The van der Waals surface area contributed by atoms with Gasteiger partial charge in [0.1, 0.15) is 0 Å². The molecule has 0 radical (unpaired) electrons. The van der Waals surface area contributed by atoms with Crippen LogP contribution in [0.3, 0.4) is 0 Å². The summed E-state index contributed by atoms with van der Waals surface area (Å²) in [6.45, 7) is 13.3. The van der Waals surface area contributed by atoms with Crippen LogP contribution >= 0.6 is 0 Å². The summed E-state index contributed by atoms with van der Waals surface area (Å²) in [6.07, 6.45) is 5.32. The van der Waals surface area contributed by atoms with Crippen molar-refractivity contribution in [3.63, 3.8) is 0 Å². The van der Waals surface area contributed by atoms with E-state index < -0.39 is 5.60 Å². The second kappa shape index (κ2) is 6.95. The number of nitrogens with zero attached hydrogens (tertiary/aromatic N) is 2. The average molecular weight is 297 g/mol.